The van der Waals surface area contributed by atoms with Crippen LogP contribution < -0.4 is 15.8 Å². The Labute approximate surface area is 202 Å². The second kappa shape index (κ2) is 8.43. The maximum Gasteiger partial charge on any atom is 0.251 e. The van der Waals surface area contributed by atoms with E-state index in [1.165, 1.54) is 22.1 Å². The molecule has 4 heterocycles. The van der Waals surface area contributed by atoms with Crippen LogP contribution in [0, 0.1) is 11.6 Å². The lowest BCUT2D eigenvalue weighted by atomic mass is 10.0. The van der Waals surface area contributed by atoms with Crippen LogP contribution in [0.25, 0.3) is 27.5 Å². The highest BCUT2D eigenvalue weighted by Crippen LogP contribution is 2.43. The molecule has 0 spiro atoms. The minimum absolute atomic E-state index is 0.0245. The van der Waals surface area contributed by atoms with Crippen molar-refractivity contribution in [3.63, 3.8) is 0 Å². The van der Waals surface area contributed by atoms with Crippen LogP contribution in [0.3, 0.4) is 0 Å². The molecule has 8 nitrogen and oxygen atoms in total. The van der Waals surface area contributed by atoms with Crippen molar-refractivity contribution in [2.75, 3.05) is 25.6 Å². The fraction of sp³-hybridized carbons (Fsp3) is 0.208. The number of ether oxygens (including phenoxy) is 2. The van der Waals surface area contributed by atoms with Gasteiger partial charge in [-0.2, -0.15) is 4.98 Å². The molecule has 0 unspecified atom stereocenters. The van der Waals surface area contributed by atoms with Crippen molar-refractivity contribution >= 4 is 23.2 Å². The van der Waals surface area contributed by atoms with Gasteiger partial charge in [-0.3, -0.25) is 4.79 Å². The highest BCUT2D eigenvalue weighted by molar-refractivity contribution is 7.16. The van der Waals surface area contributed by atoms with Gasteiger partial charge in [0.05, 0.1) is 30.7 Å². The maximum atomic E-state index is 14.5. The molecule has 2 aliphatic heterocycles. The molecule has 1 fully saturated rings. The zero-order valence-corrected chi connectivity index (χ0v) is 19.1. The Balaban J connectivity index is 1.38. The molecule has 4 aromatic rings. The Morgan fingerprint density at radius 3 is 2.77 bits per heavy atom. The van der Waals surface area contributed by atoms with E-state index < -0.39 is 11.6 Å². The molecule has 0 atom stereocenters. The monoisotopic (exact) mass is 495 g/mol. The van der Waals surface area contributed by atoms with Gasteiger partial charge in [0.1, 0.15) is 17.3 Å². The third-order valence-electron chi connectivity index (χ3n) is 5.88. The van der Waals surface area contributed by atoms with Crippen molar-refractivity contribution in [2.45, 2.75) is 12.5 Å². The zero-order valence-electron chi connectivity index (χ0n) is 18.3. The number of aromatic nitrogens is 3. The van der Waals surface area contributed by atoms with Crippen LogP contribution in [0.15, 0.2) is 42.5 Å². The SMILES string of the molecule is Nc1nc(-c2cc3c(s2)CCOc2cc(C(=O)NC4COC4)ccc2-3)n(-c2ccc(F)cc2F)n1. The fourth-order valence-electron chi connectivity index (χ4n) is 4.11. The van der Waals surface area contributed by atoms with Crippen LogP contribution in [0.1, 0.15) is 15.2 Å². The van der Waals surface area contributed by atoms with Gasteiger partial charge in [0, 0.05) is 34.1 Å². The van der Waals surface area contributed by atoms with Crippen molar-refractivity contribution in [1.82, 2.24) is 20.1 Å². The van der Waals surface area contributed by atoms with Crippen molar-refractivity contribution in [1.29, 1.82) is 0 Å². The van der Waals surface area contributed by atoms with Gasteiger partial charge in [-0.1, -0.05) is 0 Å². The van der Waals surface area contributed by atoms with E-state index in [9.17, 15) is 13.6 Å². The normalized spacial score (nSPS) is 14.9. The smallest absolute Gasteiger partial charge is 0.251 e. The molecule has 2 aromatic heterocycles. The third kappa shape index (κ3) is 3.92. The van der Waals surface area contributed by atoms with Crippen LogP contribution in [0.4, 0.5) is 14.7 Å². The van der Waals surface area contributed by atoms with Crippen molar-refractivity contribution in [3.05, 3.63) is 64.5 Å². The Hall–Kier alpha value is -3.83. The largest absolute Gasteiger partial charge is 0.493 e. The second-order valence-corrected chi connectivity index (χ2v) is 9.40. The van der Waals surface area contributed by atoms with E-state index in [-0.39, 0.29) is 23.6 Å². The lowest BCUT2D eigenvalue weighted by Crippen LogP contribution is -2.48. The Morgan fingerprint density at radius 1 is 1.14 bits per heavy atom. The molecule has 2 aromatic carbocycles. The standard InChI is InChI=1S/C24H19F2N5O3S/c25-13-2-4-18(17(26)8-13)31-22(29-24(27)30-31)21-9-16-15-3-1-12(23(32)28-14-10-33-11-14)7-19(15)34-6-5-20(16)35-21/h1-4,7-9,14H,5-6,10-11H2,(H2,27,30)(H,28,32). The van der Waals surface area contributed by atoms with Gasteiger partial charge < -0.3 is 20.5 Å². The summed E-state index contributed by atoms with van der Waals surface area (Å²) in [5, 5.41) is 7.06. The number of nitrogens with zero attached hydrogens (tertiary/aromatic N) is 3. The Kier molecular flexibility index (Phi) is 5.23. The molecule has 11 heteroatoms. The summed E-state index contributed by atoms with van der Waals surface area (Å²) in [6, 6.07) is 10.6. The summed E-state index contributed by atoms with van der Waals surface area (Å²) in [5.74, 6) is -0.696. The van der Waals surface area contributed by atoms with E-state index in [1.54, 1.807) is 12.1 Å². The summed E-state index contributed by atoms with van der Waals surface area (Å²) in [7, 11) is 0. The second-order valence-electron chi connectivity index (χ2n) is 8.27. The molecule has 0 bridgehead atoms. The van der Waals surface area contributed by atoms with E-state index in [2.05, 4.69) is 15.4 Å². The van der Waals surface area contributed by atoms with E-state index in [0.717, 1.165) is 33.0 Å². The zero-order chi connectivity index (χ0) is 24.1. The van der Waals surface area contributed by atoms with Gasteiger partial charge in [0.15, 0.2) is 11.6 Å². The van der Waals surface area contributed by atoms with Crippen molar-refractivity contribution in [3.8, 4) is 33.3 Å². The molecule has 35 heavy (non-hydrogen) atoms. The molecule has 1 amide bonds. The van der Waals surface area contributed by atoms with Crippen LogP contribution in [0.2, 0.25) is 0 Å². The highest BCUT2D eigenvalue weighted by atomic mass is 32.1. The van der Waals surface area contributed by atoms with Crippen molar-refractivity contribution < 1.29 is 23.0 Å². The van der Waals surface area contributed by atoms with Gasteiger partial charge in [-0.25, -0.2) is 13.5 Å². The number of nitrogens with one attached hydrogen (secondary N) is 1. The molecular weight excluding hydrogens is 476 g/mol. The predicted octanol–water partition coefficient (Wildman–Crippen LogP) is 3.59. The number of nitrogens with two attached hydrogens (primary N) is 1. The summed E-state index contributed by atoms with van der Waals surface area (Å²) < 4.78 is 40.3. The summed E-state index contributed by atoms with van der Waals surface area (Å²) in [5.41, 5.74) is 8.18. The van der Waals surface area contributed by atoms with E-state index in [4.69, 9.17) is 15.2 Å². The van der Waals surface area contributed by atoms with E-state index in [0.29, 0.717) is 43.4 Å². The number of carbonyl (C=O) groups is 1. The van der Waals surface area contributed by atoms with Gasteiger partial charge in [0.2, 0.25) is 5.95 Å². The first-order valence-electron chi connectivity index (χ1n) is 10.9. The third-order valence-corrected chi connectivity index (χ3v) is 7.08. The number of carbonyl (C=O) groups excluding carboxylic acids is 1. The topological polar surface area (TPSA) is 104 Å². The molecule has 3 N–H and O–H groups in total. The summed E-state index contributed by atoms with van der Waals surface area (Å²) >= 11 is 1.48. The number of halogens is 2. The molecule has 1 saturated heterocycles. The molecule has 0 radical (unpaired) electrons. The highest BCUT2D eigenvalue weighted by Gasteiger charge is 2.25. The number of rotatable bonds is 4. The van der Waals surface area contributed by atoms with Crippen LogP contribution >= 0.6 is 11.3 Å². The molecule has 2 aliphatic rings. The number of hydrogen-bond acceptors (Lipinski definition) is 7. The van der Waals surface area contributed by atoms with Crippen molar-refractivity contribution in [2.24, 2.45) is 0 Å². The first-order chi connectivity index (χ1) is 17.0. The first-order valence-corrected chi connectivity index (χ1v) is 11.7. The molecular formula is C24H19F2N5O3S. The lowest BCUT2D eigenvalue weighted by molar-refractivity contribution is -0.00346. The minimum atomic E-state index is -0.771. The van der Waals surface area contributed by atoms with Gasteiger partial charge >= 0.3 is 0 Å². The number of anilines is 1. The van der Waals surface area contributed by atoms with Crippen LogP contribution in [-0.4, -0.2) is 46.5 Å². The van der Waals surface area contributed by atoms with E-state index in [1.807, 2.05) is 12.1 Å². The molecule has 178 valence electrons. The Bertz CT molecular complexity index is 1460. The lowest BCUT2D eigenvalue weighted by Gasteiger charge is -2.26. The number of thiophene rings is 1. The number of benzene rings is 2. The summed E-state index contributed by atoms with van der Waals surface area (Å²) in [4.78, 5) is 18.7. The average Bonchev–Trinajstić information content (AvgIpc) is 3.35. The maximum absolute atomic E-state index is 14.5. The van der Waals surface area contributed by atoms with Gasteiger partial charge in [-0.15, -0.1) is 16.4 Å². The Morgan fingerprint density at radius 2 is 2.00 bits per heavy atom. The quantitative estimate of drug-likeness (QED) is 0.449. The van der Waals surface area contributed by atoms with Crippen LogP contribution in [0.5, 0.6) is 5.75 Å². The van der Waals surface area contributed by atoms with E-state index >= 15 is 0 Å². The predicted molar refractivity (Wildman–Crippen MR) is 126 cm³/mol. The fourth-order valence-corrected chi connectivity index (χ4v) is 5.24. The van der Waals surface area contributed by atoms with Crippen LogP contribution in [-0.2, 0) is 11.2 Å². The average molecular weight is 496 g/mol. The van der Waals surface area contributed by atoms with Gasteiger partial charge in [-0.05, 0) is 36.4 Å². The molecule has 0 saturated carbocycles. The minimum Gasteiger partial charge on any atom is -0.493 e. The number of fused-ring (bicyclic) bond motifs is 3. The number of hydrogen-bond donors (Lipinski definition) is 2. The molecule has 0 aliphatic carbocycles. The number of nitrogen functional groups attached to an aromatic ring is 1. The first kappa shape index (κ1) is 21.7. The van der Waals surface area contributed by atoms with Gasteiger partial charge in [0.25, 0.3) is 5.91 Å². The number of amides is 1. The molecule has 6 rings (SSSR count). The summed E-state index contributed by atoms with van der Waals surface area (Å²) in [6.45, 7) is 1.47. The summed E-state index contributed by atoms with van der Waals surface area (Å²) in [6.07, 6.45) is 0.643.